The van der Waals surface area contributed by atoms with E-state index in [0.29, 0.717) is 24.9 Å². The van der Waals surface area contributed by atoms with E-state index in [1.54, 1.807) is 4.90 Å². The minimum absolute atomic E-state index is 0.0176. The molecule has 0 heterocycles. The summed E-state index contributed by atoms with van der Waals surface area (Å²) in [6, 6.07) is 3.88. The number of esters is 1. The Balaban J connectivity index is 2.56. The van der Waals surface area contributed by atoms with E-state index < -0.39 is 17.5 Å². The predicted octanol–water partition coefficient (Wildman–Crippen LogP) is 2.67. The molecule has 0 aliphatic carbocycles. The molecule has 0 spiro atoms. The molecule has 0 aliphatic rings. The molecule has 0 atom stereocenters. The predicted molar refractivity (Wildman–Crippen MR) is 102 cm³/mol. The summed E-state index contributed by atoms with van der Waals surface area (Å²) in [6.45, 7) is 8.45. The summed E-state index contributed by atoms with van der Waals surface area (Å²) < 4.78 is 15.2. The zero-order chi connectivity index (χ0) is 21.3. The first-order chi connectivity index (χ1) is 13.1. The summed E-state index contributed by atoms with van der Waals surface area (Å²) in [4.78, 5) is 36.1. The lowest BCUT2D eigenvalue weighted by Gasteiger charge is -2.26. The van der Waals surface area contributed by atoms with Crippen molar-refractivity contribution in [3.8, 4) is 11.5 Å². The molecular formula is C19H28N2O7. The minimum Gasteiger partial charge on any atom is -0.490 e. The molecule has 1 rings (SSSR count). The maximum atomic E-state index is 12.3. The van der Waals surface area contributed by atoms with E-state index in [-0.39, 0.29) is 29.7 Å². The van der Waals surface area contributed by atoms with Gasteiger partial charge in [-0.3, -0.25) is 14.9 Å². The molecule has 0 fully saturated rings. The third kappa shape index (κ3) is 7.81. The monoisotopic (exact) mass is 396 g/mol. The molecule has 0 bridgehead atoms. The number of methoxy groups -OCH3 is 1. The van der Waals surface area contributed by atoms with Gasteiger partial charge in [-0.2, -0.15) is 0 Å². The average molecular weight is 396 g/mol. The number of hydrogen-bond acceptors (Lipinski definition) is 7. The lowest BCUT2D eigenvalue weighted by atomic mass is 10.1. The van der Waals surface area contributed by atoms with E-state index in [1.807, 2.05) is 27.7 Å². The highest BCUT2D eigenvalue weighted by atomic mass is 16.6. The Morgan fingerprint density at radius 3 is 2.21 bits per heavy atom. The number of nitro benzene ring substituents is 1. The highest BCUT2D eigenvalue weighted by Crippen LogP contribution is 2.30. The van der Waals surface area contributed by atoms with Gasteiger partial charge in [0, 0.05) is 25.2 Å². The summed E-state index contributed by atoms with van der Waals surface area (Å²) in [7, 11) is 1.30. The van der Waals surface area contributed by atoms with Crippen LogP contribution >= 0.6 is 0 Å². The highest BCUT2D eigenvalue weighted by molar-refractivity contribution is 5.81. The van der Waals surface area contributed by atoms with Gasteiger partial charge in [0.25, 0.3) is 5.91 Å². The van der Waals surface area contributed by atoms with Crippen LogP contribution in [0.2, 0.25) is 0 Å². The lowest BCUT2D eigenvalue weighted by molar-refractivity contribution is -0.385. The Labute approximate surface area is 164 Å². The van der Waals surface area contributed by atoms with Gasteiger partial charge in [-0.05, 0) is 17.9 Å². The van der Waals surface area contributed by atoms with Crippen LogP contribution in [0.5, 0.6) is 11.5 Å². The van der Waals surface area contributed by atoms with E-state index >= 15 is 0 Å². The Morgan fingerprint density at radius 2 is 1.71 bits per heavy atom. The first kappa shape index (κ1) is 23.2. The molecule has 0 saturated carbocycles. The van der Waals surface area contributed by atoms with Crippen LogP contribution in [-0.2, 0) is 14.3 Å². The molecule has 1 aromatic carbocycles. The second kappa shape index (κ2) is 11.1. The molecule has 0 radical (unpaired) electrons. The van der Waals surface area contributed by atoms with Gasteiger partial charge in [-0.1, -0.05) is 27.7 Å². The number of carbonyl (C=O) groups is 2. The van der Waals surface area contributed by atoms with Crippen molar-refractivity contribution in [2.75, 3.05) is 33.4 Å². The van der Waals surface area contributed by atoms with Crippen LogP contribution in [-0.4, -0.2) is 55.1 Å². The maximum Gasteiger partial charge on any atom is 0.344 e. The molecule has 28 heavy (non-hydrogen) atoms. The molecule has 0 aliphatic heterocycles. The topological polar surface area (TPSA) is 108 Å². The molecule has 1 amide bonds. The second-order valence-electron chi connectivity index (χ2n) is 7.13. The van der Waals surface area contributed by atoms with Gasteiger partial charge in [-0.25, -0.2) is 4.79 Å². The lowest BCUT2D eigenvalue weighted by Crippen LogP contribution is -2.39. The Kier molecular flexibility index (Phi) is 9.20. The normalized spacial score (nSPS) is 10.7. The fraction of sp³-hybridized carbons (Fsp3) is 0.579. The summed E-state index contributed by atoms with van der Waals surface area (Å²) in [5.74, 6) is -0.124. The quantitative estimate of drug-likeness (QED) is 0.321. The summed E-state index contributed by atoms with van der Waals surface area (Å²) in [5.41, 5.74) is -0.210. The van der Waals surface area contributed by atoms with Gasteiger partial charge < -0.3 is 19.1 Å². The number of rotatable bonds is 11. The van der Waals surface area contributed by atoms with Gasteiger partial charge in [0.05, 0.1) is 12.0 Å². The average Bonchev–Trinajstić information content (AvgIpc) is 2.62. The number of benzene rings is 1. The smallest absolute Gasteiger partial charge is 0.344 e. The molecule has 156 valence electrons. The van der Waals surface area contributed by atoms with Gasteiger partial charge >= 0.3 is 11.7 Å². The van der Waals surface area contributed by atoms with E-state index in [2.05, 4.69) is 0 Å². The Morgan fingerprint density at radius 1 is 1.11 bits per heavy atom. The van der Waals surface area contributed by atoms with Crippen molar-refractivity contribution in [3.05, 3.63) is 28.3 Å². The zero-order valence-electron chi connectivity index (χ0n) is 17.0. The van der Waals surface area contributed by atoms with Crippen LogP contribution in [0.25, 0.3) is 0 Å². The largest absolute Gasteiger partial charge is 0.490 e. The standard InChI is InChI=1S/C19H28N2O7/c1-13(2)9-20(10-14(3)4)18(22)11-28-19(23)12-27-15-6-7-16(21(24)25)17(8-15)26-5/h6-8,13-14H,9-12H2,1-5H3. The van der Waals surface area contributed by atoms with Crippen LogP contribution in [0.15, 0.2) is 18.2 Å². The van der Waals surface area contributed by atoms with E-state index in [0.717, 1.165) is 0 Å². The molecule has 1 aromatic rings. The van der Waals surface area contributed by atoms with Crippen LogP contribution in [0.1, 0.15) is 27.7 Å². The van der Waals surface area contributed by atoms with Gasteiger partial charge in [-0.15, -0.1) is 0 Å². The van der Waals surface area contributed by atoms with Gasteiger partial charge in [0.1, 0.15) is 5.75 Å². The van der Waals surface area contributed by atoms with Crippen molar-refractivity contribution < 1.29 is 28.7 Å². The number of carbonyl (C=O) groups excluding carboxylic acids is 2. The molecule has 9 heteroatoms. The van der Waals surface area contributed by atoms with Crippen molar-refractivity contribution in [1.82, 2.24) is 4.90 Å². The number of nitro groups is 1. The Hall–Kier alpha value is -2.84. The summed E-state index contributed by atoms with van der Waals surface area (Å²) in [6.07, 6.45) is 0. The number of amides is 1. The minimum atomic E-state index is -0.709. The zero-order valence-corrected chi connectivity index (χ0v) is 17.0. The molecule has 0 N–H and O–H groups in total. The van der Waals surface area contributed by atoms with Crippen molar-refractivity contribution in [3.63, 3.8) is 0 Å². The highest BCUT2D eigenvalue weighted by Gasteiger charge is 2.19. The van der Waals surface area contributed by atoms with E-state index in [4.69, 9.17) is 14.2 Å². The number of hydrogen-bond donors (Lipinski definition) is 0. The van der Waals surface area contributed by atoms with Crippen LogP contribution in [0, 0.1) is 22.0 Å². The molecule has 0 unspecified atom stereocenters. The first-order valence-corrected chi connectivity index (χ1v) is 9.02. The van der Waals surface area contributed by atoms with Crippen LogP contribution < -0.4 is 9.47 Å². The molecule has 9 nitrogen and oxygen atoms in total. The van der Waals surface area contributed by atoms with E-state index in [9.17, 15) is 19.7 Å². The third-order valence-corrected chi connectivity index (χ3v) is 3.58. The Bertz CT molecular complexity index is 679. The summed E-state index contributed by atoms with van der Waals surface area (Å²) >= 11 is 0. The fourth-order valence-electron chi connectivity index (χ4n) is 2.48. The van der Waals surface area contributed by atoms with Crippen LogP contribution in [0.3, 0.4) is 0 Å². The SMILES string of the molecule is COc1cc(OCC(=O)OCC(=O)N(CC(C)C)CC(C)C)ccc1[N+](=O)[O-]. The van der Waals surface area contributed by atoms with Gasteiger partial charge in [0.2, 0.25) is 5.75 Å². The number of ether oxygens (including phenoxy) is 3. The van der Waals surface area contributed by atoms with Gasteiger partial charge in [0.15, 0.2) is 13.2 Å². The second-order valence-corrected chi connectivity index (χ2v) is 7.13. The first-order valence-electron chi connectivity index (χ1n) is 9.02. The molecule has 0 aromatic heterocycles. The van der Waals surface area contributed by atoms with Crippen molar-refractivity contribution in [2.24, 2.45) is 11.8 Å². The summed E-state index contributed by atoms with van der Waals surface area (Å²) in [5, 5.41) is 10.9. The molecule has 0 saturated heterocycles. The third-order valence-electron chi connectivity index (χ3n) is 3.58. The van der Waals surface area contributed by atoms with Crippen molar-refractivity contribution in [1.29, 1.82) is 0 Å². The van der Waals surface area contributed by atoms with Crippen molar-refractivity contribution in [2.45, 2.75) is 27.7 Å². The number of nitrogens with zero attached hydrogens (tertiary/aromatic N) is 2. The molecular weight excluding hydrogens is 368 g/mol. The van der Waals surface area contributed by atoms with E-state index in [1.165, 1.54) is 25.3 Å². The maximum absolute atomic E-state index is 12.3. The fourth-order valence-corrected chi connectivity index (χ4v) is 2.48. The van der Waals surface area contributed by atoms with Crippen LogP contribution in [0.4, 0.5) is 5.69 Å². The van der Waals surface area contributed by atoms with Crippen molar-refractivity contribution >= 4 is 17.6 Å².